The summed E-state index contributed by atoms with van der Waals surface area (Å²) in [6.45, 7) is 4.03. The lowest BCUT2D eigenvalue weighted by Gasteiger charge is -2.27. The van der Waals surface area contributed by atoms with Crippen LogP contribution in [0, 0.1) is 0 Å². The molecule has 0 aliphatic carbocycles. The van der Waals surface area contributed by atoms with Gasteiger partial charge in [0.05, 0.1) is 18.8 Å². The highest BCUT2D eigenvalue weighted by Crippen LogP contribution is 2.16. The lowest BCUT2D eigenvalue weighted by atomic mass is 10.00. The molecule has 0 aromatic rings. The maximum Gasteiger partial charge on any atom is 0.249 e. The van der Waals surface area contributed by atoms with Crippen LogP contribution < -0.4 is 5.32 Å². The summed E-state index contributed by atoms with van der Waals surface area (Å²) in [5.41, 5.74) is 0. The number of rotatable bonds is 38. The molecule has 0 aliphatic heterocycles. The fraction of sp³-hybridized carbons (Fsp3) is 0.929. The van der Waals surface area contributed by atoms with Gasteiger partial charge in [-0.05, 0) is 38.5 Å². The van der Waals surface area contributed by atoms with Crippen molar-refractivity contribution in [1.29, 1.82) is 0 Å². The summed E-state index contributed by atoms with van der Waals surface area (Å²) in [7, 11) is 0. The van der Waals surface area contributed by atoms with E-state index in [4.69, 9.17) is 0 Å². The van der Waals surface area contributed by atoms with Gasteiger partial charge >= 0.3 is 0 Å². The van der Waals surface area contributed by atoms with Gasteiger partial charge in [0.25, 0.3) is 0 Å². The highest BCUT2D eigenvalue weighted by molar-refractivity contribution is 5.80. The van der Waals surface area contributed by atoms with Crippen LogP contribution in [-0.2, 0) is 4.79 Å². The monoisotopic (exact) mass is 682 g/mol. The number of carbonyl (C=O) groups is 1. The van der Waals surface area contributed by atoms with Crippen molar-refractivity contribution in [3.05, 3.63) is 12.2 Å². The van der Waals surface area contributed by atoms with Gasteiger partial charge in [0.15, 0.2) is 0 Å². The van der Waals surface area contributed by atoms with Gasteiger partial charge < -0.3 is 25.7 Å². The zero-order chi connectivity index (χ0) is 35.3. The van der Waals surface area contributed by atoms with E-state index < -0.39 is 36.9 Å². The van der Waals surface area contributed by atoms with Crippen LogP contribution in [0.15, 0.2) is 12.2 Å². The van der Waals surface area contributed by atoms with Crippen molar-refractivity contribution in [3.8, 4) is 0 Å². The zero-order valence-electron chi connectivity index (χ0n) is 32.0. The van der Waals surface area contributed by atoms with E-state index in [0.29, 0.717) is 12.8 Å². The van der Waals surface area contributed by atoms with E-state index in [1.165, 1.54) is 154 Å². The molecule has 0 fully saturated rings. The summed E-state index contributed by atoms with van der Waals surface area (Å²) in [5, 5.41) is 43.5. The molecule has 0 radical (unpaired) electrons. The maximum atomic E-state index is 12.5. The highest BCUT2D eigenvalue weighted by atomic mass is 16.3. The van der Waals surface area contributed by atoms with Gasteiger partial charge in [-0.1, -0.05) is 193 Å². The third-order valence-corrected chi connectivity index (χ3v) is 9.98. The first-order valence-electron chi connectivity index (χ1n) is 21.1. The van der Waals surface area contributed by atoms with Crippen LogP contribution in [0.5, 0.6) is 0 Å². The number of nitrogens with one attached hydrogen (secondary N) is 1. The molecular formula is C42H83NO5. The molecule has 4 atom stereocenters. The highest BCUT2D eigenvalue weighted by Gasteiger charge is 2.28. The molecule has 0 aromatic carbocycles. The smallest absolute Gasteiger partial charge is 0.249 e. The molecule has 286 valence electrons. The Bertz CT molecular complexity index is 687. The molecule has 48 heavy (non-hydrogen) atoms. The molecular weight excluding hydrogens is 598 g/mol. The summed E-state index contributed by atoms with van der Waals surface area (Å²) in [4.78, 5) is 12.5. The third kappa shape index (κ3) is 31.1. The van der Waals surface area contributed by atoms with Gasteiger partial charge in [0.2, 0.25) is 5.91 Å². The Morgan fingerprint density at radius 2 is 0.854 bits per heavy atom. The van der Waals surface area contributed by atoms with Crippen LogP contribution in [0.4, 0.5) is 0 Å². The number of allylic oxidation sites excluding steroid dienone is 2. The fourth-order valence-electron chi connectivity index (χ4n) is 6.58. The second kappa shape index (κ2) is 37.3. The molecule has 0 saturated heterocycles. The Morgan fingerprint density at radius 3 is 1.25 bits per heavy atom. The number of aliphatic hydroxyl groups is 4. The summed E-state index contributed by atoms with van der Waals surface area (Å²) < 4.78 is 0. The van der Waals surface area contributed by atoms with E-state index in [-0.39, 0.29) is 0 Å². The standard InChI is InChI=1S/C42H83NO5/c1-3-5-7-9-11-13-15-17-18-19-20-21-22-23-24-26-28-30-32-34-36-40(46)42(48)43-38(37-44)41(47)39(45)35-33-31-29-27-25-16-14-12-10-8-6-4-2/h27,29,38-41,44-47H,3-26,28,30-37H2,1-2H3,(H,43,48)/b29-27-/t38-,39+,40+,41-/m0/s1. The lowest BCUT2D eigenvalue weighted by molar-refractivity contribution is -0.132. The molecule has 0 aliphatic rings. The number of hydrogen-bond acceptors (Lipinski definition) is 5. The van der Waals surface area contributed by atoms with E-state index in [9.17, 15) is 25.2 Å². The summed E-state index contributed by atoms with van der Waals surface area (Å²) in [6, 6.07) is -0.995. The number of carbonyl (C=O) groups excluding carboxylic acids is 1. The molecule has 6 heteroatoms. The molecule has 0 spiro atoms. The molecule has 0 saturated carbocycles. The average molecular weight is 682 g/mol. The molecule has 5 N–H and O–H groups in total. The molecule has 6 nitrogen and oxygen atoms in total. The van der Waals surface area contributed by atoms with Gasteiger partial charge in [-0.25, -0.2) is 0 Å². The first kappa shape index (κ1) is 47.0. The first-order chi connectivity index (χ1) is 23.5. The van der Waals surface area contributed by atoms with Crippen molar-refractivity contribution in [2.75, 3.05) is 6.61 Å². The Balaban J connectivity index is 3.73. The Hall–Kier alpha value is -0.950. The molecule has 0 bridgehead atoms. The van der Waals surface area contributed by atoms with Crippen LogP contribution in [0.25, 0.3) is 0 Å². The topological polar surface area (TPSA) is 110 Å². The normalized spacial score (nSPS) is 14.4. The van der Waals surface area contributed by atoms with Gasteiger partial charge in [0, 0.05) is 0 Å². The predicted molar refractivity (Wildman–Crippen MR) is 205 cm³/mol. The Labute approximate surface area is 298 Å². The van der Waals surface area contributed by atoms with Gasteiger partial charge in [0.1, 0.15) is 12.2 Å². The van der Waals surface area contributed by atoms with E-state index >= 15 is 0 Å². The van der Waals surface area contributed by atoms with Crippen molar-refractivity contribution in [2.24, 2.45) is 0 Å². The first-order valence-corrected chi connectivity index (χ1v) is 21.1. The van der Waals surface area contributed by atoms with Gasteiger partial charge in [-0.15, -0.1) is 0 Å². The van der Waals surface area contributed by atoms with E-state index in [2.05, 4.69) is 31.3 Å². The number of hydrogen-bond donors (Lipinski definition) is 5. The van der Waals surface area contributed by atoms with Gasteiger partial charge in [-0.2, -0.15) is 0 Å². The van der Waals surface area contributed by atoms with Crippen molar-refractivity contribution >= 4 is 5.91 Å². The lowest BCUT2D eigenvalue weighted by Crippen LogP contribution is -2.53. The molecule has 0 heterocycles. The summed E-state index contributed by atoms with van der Waals surface area (Å²) in [5.74, 6) is -0.591. The van der Waals surface area contributed by atoms with Crippen LogP contribution >= 0.6 is 0 Å². The summed E-state index contributed by atoms with van der Waals surface area (Å²) in [6.07, 6.45) is 39.6. The maximum absolute atomic E-state index is 12.5. The van der Waals surface area contributed by atoms with Crippen molar-refractivity contribution < 1.29 is 25.2 Å². The van der Waals surface area contributed by atoms with Crippen molar-refractivity contribution in [3.63, 3.8) is 0 Å². The second-order valence-electron chi connectivity index (χ2n) is 14.7. The second-order valence-corrected chi connectivity index (χ2v) is 14.7. The van der Waals surface area contributed by atoms with Crippen LogP contribution in [0.3, 0.4) is 0 Å². The van der Waals surface area contributed by atoms with Crippen LogP contribution in [0.1, 0.15) is 219 Å². The number of aliphatic hydroxyl groups excluding tert-OH is 4. The molecule has 0 unspecified atom stereocenters. The third-order valence-electron chi connectivity index (χ3n) is 9.98. The molecule has 0 rings (SSSR count). The average Bonchev–Trinajstić information content (AvgIpc) is 3.09. The minimum atomic E-state index is -1.28. The number of unbranched alkanes of at least 4 members (excludes halogenated alkanes) is 27. The number of amides is 1. The minimum Gasteiger partial charge on any atom is -0.394 e. The minimum absolute atomic E-state index is 0.368. The van der Waals surface area contributed by atoms with Crippen molar-refractivity contribution in [1.82, 2.24) is 5.32 Å². The van der Waals surface area contributed by atoms with Crippen molar-refractivity contribution in [2.45, 2.75) is 244 Å². The fourth-order valence-corrected chi connectivity index (χ4v) is 6.58. The Morgan fingerprint density at radius 1 is 0.500 bits per heavy atom. The molecule has 0 aromatic heterocycles. The molecule has 1 amide bonds. The van der Waals surface area contributed by atoms with E-state index in [0.717, 1.165) is 38.5 Å². The largest absolute Gasteiger partial charge is 0.394 e. The van der Waals surface area contributed by atoms with Crippen LogP contribution in [0.2, 0.25) is 0 Å². The Kier molecular flexibility index (Phi) is 36.6. The van der Waals surface area contributed by atoms with E-state index in [1.54, 1.807) is 0 Å². The SMILES string of the molecule is CCCCCCCCC/C=C\CCC[C@@H](O)[C@@H](O)[C@H](CO)NC(=O)[C@H](O)CCCCCCCCCCCCCCCCCCCCCC. The quantitative estimate of drug-likeness (QED) is 0.0329. The zero-order valence-corrected chi connectivity index (χ0v) is 32.0. The van der Waals surface area contributed by atoms with Crippen LogP contribution in [-0.4, -0.2) is 57.3 Å². The van der Waals surface area contributed by atoms with Gasteiger partial charge in [-0.3, -0.25) is 4.79 Å². The van der Waals surface area contributed by atoms with E-state index in [1.807, 2.05) is 0 Å². The summed E-state index contributed by atoms with van der Waals surface area (Å²) >= 11 is 0. The predicted octanol–water partition coefficient (Wildman–Crippen LogP) is 10.6.